The number of thiophene rings is 1. The number of carboxylic acid groups (broad SMARTS) is 1. The lowest BCUT2D eigenvalue weighted by Gasteiger charge is -2.35. The minimum atomic E-state index is -0.878. The minimum absolute atomic E-state index is 0.00767. The highest BCUT2D eigenvalue weighted by Gasteiger charge is 2.26. The Labute approximate surface area is 149 Å². The summed E-state index contributed by atoms with van der Waals surface area (Å²) in [6.07, 6.45) is 3.62. The molecule has 1 fully saturated rings. The van der Waals surface area contributed by atoms with E-state index in [9.17, 15) is 9.59 Å². The number of carboxylic acids is 1. The Morgan fingerprint density at radius 1 is 1.12 bits per heavy atom. The van der Waals surface area contributed by atoms with Gasteiger partial charge < -0.3 is 14.9 Å². The van der Waals surface area contributed by atoms with Crippen LogP contribution in [0.15, 0.2) is 36.0 Å². The molecular weight excluding hydrogens is 340 g/mol. The van der Waals surface area contributed by atoms with Gasteiger partial charge in [-0.15, -0.1) is 11.3 Å². The van der Waals surface area contributed by atoms with Gasteiger partial charge in [-0.1, -0.05) is 6.07 Å². The molecule has 1 saturated heterocycles. The van der Waals surface area contributed by atoms with E-state index in [0.717, 1.165) is 4.88 Å². The van der Waals surface area contributed by atoms with Crippen molar-refractivity contribution in [3.8, 4) is 0 Å². The maximum absolute atomic E-state index is 12.6. The molecule has 1 atom stereocenters. The van der Waals surface area contributed by atoms with Gasteiger partial charge in [-0.2, -0.15) is 0 Å². The number of anilines is 1. The van der Waals surface area contributed by atoms with Crippen molar-refractivity contribution in [2.45, 2.75) is 18.8 Å². The first-order valence-corrected chi connectivity index (χ1v) is 9.06. The molecule has 0 aliphatic carbocycles. The number of amides is 1. The highest BCUT2D eigenvalue weighted by molar-refractivity contribution is 7.10. The zero-order valence-electron chi connectivity index (χ0n) is 13.7. The lowest BCUT2D eigenvalue weighted by Crippen LogP contribution is -2.49. The van der Waals surface area contributed by atoms with E-state index in [1.807, 2.05) is 22.4 Å². The van der Waals surface area contributed by atoms with Crippen LogP contribution in [0.5, 0.6) is 0 Å². The fraction of sp³-hybridized carbons (Fsp3) is 0.412. The molecule has 0 unspecified atom stereocenters. The number of aromatic nitrogens is 2. The molecule has 0 saturated carbocycles. The smallest absolute Gasteiger partial charge is 0.304 e. The number of hydrogen-bond donors (Lipinski definition) is 1. The van der Waals surface area contributed by atoms with E-state index in [1.165, 1.54) is 11.3 Å². The predicted molar refractivity (Wildman–Crippen MR) is 94.8 cm³/mol. The number of aliphatic carboxylic acids is 1. The molecular formula is C17H20N4O3S. The largest absolute Gasteiger partial charge is 0.481 e. The van der Waals surface area contributed by atoms with Gasteiger partial charge in [0.05, 0.1) is 6.42 Å². The molecule has 8 heteroatoms. The van der Waals surface area contributed by atoms with E-state index in [1.54, 1.807) is 18.5 Å². The summed E-state index contributed by atoms with van der Waals surface area (Å²) < 4.78 is 0. The van der Waals surface area contributed by atoms with Crippen LogP contribution in [0.2, 0.25) is 0 Å². The molecule has 3 heterocycles. The third kappa shape index (κ3) is 4.54. The van der Waals surface area contributed by atoms with Gasteiger partial charge in [0.25, 0.3) is 0 Å². The summed E-state index contributed by atoms with van der Waals surface area (Å²) in [5, 5.41) is 11.0. The molecule has 2 aromatic heterocycles. The van der Waals surface area contributed by atoms with Gasteiger partial charge in [-0.05, 0) is 17.5 Å². The Morgan fingerprint density at radius 2 is 1.84 bits per heavy atom. The highest BCUT2D eigenvalue weighted by atomic mass is 32.1. The number of carbonyl (C=O) groups excluding carboxylic acids is 1. The van der Waals surface area contributed by atoms with E-state index in [4.69, 9.17) is 5.11 Å². The van der Waals surface area contributed by atoms with E-state index in [2.05, 4.69) is 14.9 Å². The summed E-state index contributed by atoms with van der Waals surface area (Å²) in [7, 11) is 0. The van der Waals surface area contributed by atoms with Crippen LogP contribution < -0.4 is 4.90 Å². The molecule has 7 nitrogen and oxygen atoms in total. The van der Waals surface area contributed by atoms with Crippen molar-refractivity contribution in [1.29, 1.82) is 0 Å². The first-order chi connectivity index (χ1) is 12.1. The average Bonchev–Trinajstić information content (AvgIpc) is 3.16. The molecule has 2 aromatic rings. The van der Waals surface area contributed by atoms with Crippen molar-refractivity contribution in [1.82, 2.24) is 14.9 Å². The summed E-state index contributed by atoms with van der Waals surface area (Å²) in [5.41, 5.74) is 0. The Hall–Kier alpha value is -2.48. The van der Waals surface area contributed by atoms with Crippen LogP contribution in [0.3, 0.4) is 0 Å². The van der Waals surface area contributed by atoms with Crippen molar-refractivity contribution in [3.63, 3.8) is 0 Å². The van der Waals surface area contributed by atoms with Crippen LogP contribution in [-0.2, 0) is 9.59 Å². The third-order valence-electron chi connectivity index (χ3n) is 4.25. The Kier molecular flexibility index (Phi) is 5.60. The number of rotatable bonds is 6. The van der Waals surface area contributed by atoms with Crippen molar-refractivity contribution in [2.24, 2.45) is 0 Å². The van der Waals surface area contributed by atoms with Gasteiger partial charge in [0.1, 0.15) is 0 Å². The molecule has 25 heavy (non-hydrogen) atoms. The number of carbonyl (C=O) groups is 2. The average molecular weight is 360 g/mol. The van der Waals surface area contributed by atoms with Crippen molar-refractivity contribution >= 4 is 29.2 Å². The fourth-order valence-electron chi connectivity index (χ4n) is 2.96. The van der Waals surface area contributed by atoms with E-state index >= 15 is 0 Å². The Balaban J connectivity index is 1.57. The summed E-state index contributed by atoms with van der Waals surface area (Å²) in [4.78, 5) is 37.0. The maximum Gasteiger partial charge on any atom is 0.304 e. The van der Waals surface area contributed by atoms with E-state index < -0.39 is 5.97 Å². The predicted octanol–water partition coefficient (Wildman–Crippen LogP) is 1.84. The van der Waals surface area contributed by atoms with Crippen LogP contribution in [0.25, 0.3) is 0 Å². The molecule has 132 valence electrons. The lowest BCUT2D eigenvalue weighted by atomic mass is 9.98. The Bertz CT molecular complexity index is 700. The van der Waals surface area contributed by atoms with Crippen molar-refractivity contribution < 1.29 is 14.7 Å². The first kappa shape index (κ1) is 17.3. The van der Waals surface area contributed by atoms with Crippen LogP contribution in [-0.4, -0.2) is 58.0 Å². The topological polar surface area (TPSA) is 86.6 Å². The lowest BCUT2D eigenvalue weighted by molar-refractivity contribution is -0.138. The summed E-state index contributed by atoms with van der Waals surface area (Å²) in [5.74, 6) is -0.456. The van der Waals surface area contributed by atoms with Crippen LogP contribution in [0.1, 0.15) is 23.6 Å². The standard InChI is InChI=1S/C17H20N4O3S/c22-15(11-13(12-16(23)24)14-3-1-10-25-14)20-6-8-21(9-7-20)17-18-4-2-5-19-17/h1-5,10,13H,6-9,11-12H2,(H,23,24)/t13-/m1/s1. The molecule has 1 aliphatic rings. The number of piperazine rings is 1. The normalized spacial score (nSPS) is 15.8. The minimum Gasteiger partial charge on any atom is -0.481 e. The molecule has 3 rings (SSSR count). The van der Waals surface area contributed by atoms with Crippen molar-refractivity contribution in [3.05, 3.63) is 40.8 Å². The SMILES string of the molecule is O=C(O)C[C@@H](CC(=O)N1CCN(c2ncccn2)CC1)c1cccs1. The van der Waals surface area contributed by atoms with E-state index in [-0.39, 0.29) is 24.7 Å². The highest BCUT2D eigenvalue weighted by Crippen LogP contribution is 2.28. The summed E-state index contributed by atoms with van der Waals surface area (Å²) in [6.45, 7) is 2.55. The van der Waals surface area contributed by atoms with E-state index in [0.29, 0.717) is 32.1 Å². The van der Waals surface area contributed by atoms with Gasteiger partial charge in [0, 0.05) is 55.8 Å². The van der Waals surface area contributed by atoms with Crippen molar-refractivity contribution in [2.75, 3.05) is 31.1 Å². The fourth-order valence-corrected chi connectivity index (χ4v) is 3.79. The molecule has 0 bridgehead atoms. The van der Waals surface area contributed by atoms with Gasteiger partial charge in [-0.25, -0.2) is 9.97 Å². The maximum atomic E-state index is 12.6. The molecule has 1 amide bonds. The second-order valence-electron chi connectivity index (χ2n) is 5.93. The third-order valence-corrected chi connectivity index (χ3v) is 5.29. The second kappa shape index (κ2) is 8.06. The first-order valence-electron chi connectivity index (χ1n) is 8.18. The second-order valence-corrected chi connectivity index (χ2v) is 6.91. The Morgan fingerprint density at radius 3 is 2.44 bits per heavy atom. The van der Waals surface area contributed by atoms with Crippen LogP contribution >= 0.6 is 11.3 Å². The summed E-state index contributed by atoms with van der Waals surface area (Å²) in [6, 6.07) is 5.56. The monoisotopic (exact) mass is 360 g/mol. The van der Waals surface area contributed by atoms with Gasteiger partial charge >= 0.3 is 5.97 Å². The number of nitrogens with zero attached hydrogens (tertiary/aromatic N) is 4. The van der Waals surface area contributed by atoms with Crippen LogP contribution in [0, 0.1) is 0 Å². The molecule has 1 aliphatic heterocycles. The zero-order chi connectivity index (χ0) is 17.6. The molecule has 0 aromatic carbocycles. The number of hydrogen-bond acceptors (Lipinski definition) is 6. The molecule has 1 N–H and O–H groups in total. The van der Waals surface area contributed by atoms with Gasteiger partial charge in [0.2, 0.25) is 11.9 Å². The quantitative estimate of drug-likeness (QED) is 0.846. The molecule has 0 spiro atoms. The zero-order valence-corrected chi connectivity index (χ0v) is 14.6. The molecule has 0 radical (unpaired) electrons. The van der Waals surface area contributed by atoms with Gasteiger partial charge in [0.15, 0.2) is 0 Å². The summed E-state index contributed by atoms with van der Waals surface area (Å²) >= 11 is 1.50. The van der Waals surface area contributed by atoms with Gasteiger partial charge in [-0.3, -0.25) is 9.59 Å². The van der Waals surface area contributed by atoms with Crippen LogP contribution in [0.4, 0.5) is 5.95 Å².